The van der Waals surface area contributed by atoms with Gasteiger partial charge in [-0.15, -0.1) is 0 Å². The van der Waals surface area contributed by atoms with Crippen LogP contribution in [0.2, 0.25) is 0 Å². The molecule has 2 aliphatic rings. The molecule has 2 aromatic heterocycles. The third kappa shape index (κ3) is 4.62. The standard InChI is InChI=1S/C29H37N3O6/c1-15-10-11-29(17(3)13-16(2)27(38-29)18(4)26(33)20-7-6-12-31-20)37-22(15)14-23-32-25-21(36-23)9-8-19(30-5)24(25)28(34)35/h6-9,12,15-18,22,27,30-31H,10-11,13-14H2,1-5H3,(H,34,35)/t15-,16+,17+,18+,22-,27?,29?/m0/s1. The molecule has 2 unspecified atom stereocenters. The number of hydrogen-bond donors (Lipinski definition) is 3. The number of ketones is 1. The predicted octanol–water partition coefficient (Wildman–Crippen LogP) is 5.53. The summed E-state index contributed by atoms with van der Waals surface area (Å²) in [6.07, 6.45) is 4.22. The lowest BCUT2D eigenvalue weighted by atomic mass is 9.75. The van der Waals surface area contributed by atoms with E-state index in [0.717, 1.165) is 19.3 Å². The number of benzene rings is 1. The summed E-state index contributed by atoms with van der Waals surface area (Å²) in [6, 6.07) is 7.05. The van der Waals surface area contributed by atoms with Crippen molar-refractivity contribution in [1.29, 1.82) is 0 Å². The second-order valence-electron chi connectivity index (χ2n) is 11.1. The van der Waals surface area contributed by atoms with Crippen molar-refractivity contribution in [2.45, 2.75) is 71.4 Å². The van der Waals surface area contributed by atoms with Gasteiger partial charge in [0.1, 0.15) is 11.1 Å². The SMILES string of the molecule is CNc1ccc2oc(C[C@@H]3OC4(CC[C@@H]3C)OC([C@H](C)C(=O)c3ccc[nH]3)[C@H](C)C[C@H]4C)nc2c1C(=O)O. The number of Topliss-reactive ketones (excluding diaryl/α,β-unsaturated/α-hetero) is 1. The lowest BCUT2D eigenvalue weighted by molar-refractivity contribution is -0.355. The highest BCUT2D eigenvalue weighted by Gasteiger charge is 2.52. The van der Waals surface area contributed by atoms with Crippen LogP contribution in [0.5, 0.6) is 0 Å². The normalized spacial score (nSPS) is 30.4. The van der Waals surface area contributed by atoms with Crippen LogP contribution in [0.4, 0.5) is 5.69 Å². The van der Waals surface area contributed by atoms with E-state index in [2.05, 4.69) is 36.1 Å². The predicted molar refractivity (Wildman–Crippen MR) is 142 cm³/mol. The number of nitrogens with zero attached hydrogens (tertiary/aromatic N) is 1. The molecule has 2 aliphatic heterocycles. The summed E-state index contributed by atoms with van der Waals surface area (Å²) >= 11 is 0. The Morgan fingerprint density at radius 1 is 1.21 bits per heavy atom. The summed E-state index contributed by atoms with van der Waals surface area (Å²) in [7, 11) is 1.68. The molecule has 3 aromatic rings. The second-order valence-corrected chi connectivity index (χ2v) is 11.1. The molecule has 7 atom stereocenters. The minimum absolute atomic E-state index is 0.0407. The van der Waals surface area contributed by atoms with Crippen molar-refractivity contribution in [1.82, 2.24) is 9.97 Å². The summed E-state index contributed by atoms with van der Waals surface area (Å²) in [5.41, 5.74) is 1.93. The maximum atomic E-state index is 13.1. The van der Waals surface area contributed by atoms with Gasteiger partial charge in [-0.25, -0.2) is 9.78 Å². The molecule has 0 radical (unpaired) electrons. The quantitative estimate of drug-likeness (QED) is 0.345. The Bertz CT molecular complexity index is 1320. The lowest BCUT2D eigenvalue weighted by Crippen LogP contribution is -2.58. The van der Waals surface area contributed by atoms with E-state index in [1.165, 1.54) is 0 Å². The zero-order valence-corrected chi connectivity index (χ0v) is 22.6. The highest BCUT2D eigenvalue weighted by molar-refractivity contribution is 6.06. The molecule has 3 N–H and O–H groups in total. The Hall–Kier alpha value is -3.17. The topological polar surface area (TPSA) is 127 Å². The molecule has 1 aromatic carbocycles. The fourth-order valence-corrected chi connectivity index (χ4v) is 6.27. The van der Waals surface area contributed by atoms with Gasteiger partial charge in [-0.1, -0.05) is 27.7 Å². The molecule has 9 heteroatoms. The van der Waals surface area contributed by atoms with Crippen LogP contribution >= 0.6 is 0 Å². The summed E-state index contributed by atoms with van der Waals surface area (Å²) in [5, 5.41) is 12.7. The smallest absolute Gasteiger partial charge is 0.340 e. The number of fused-ring (bicyclic) bond motifs is 1. The largest absolute Gasteiger partial charge is 0.478 e. The average molecular weight is 524 g/mol. The van der Waals surface area contributed by atoms with Crippen molar-refractivity contribution in [2.75, 3.05) is 12.4 Å². The summed E-state index contributed by atoms with van der Waals surface area (Å²) < 4.78 is 19.6. The van der Waals surface area contributed by atoms with Crippen LogP contribution in [0, 0.1) is 23.7 Å². The van der Waals surface area contributed by atoms with Gasteiger partial charge in [0.25, 0.3) is 0 Å². The first-order valence-electron chi connectivity index (χ1n) is 13.5. The van der Waals surface area contributed by atoms with Crippen LogP contribution < -0.4 is 5.32 Å². The first kappa shape index (κ1) is 26.4. The van der Waals surface area contributed by atoms with Crippen molar-refractivity contribution in [2.24, 2.45) is 23.7 Å². The van der Waals surface area contributed by atoms with E-state index in [9.17, 15) is 14.7 Å². The number of aromatic carboxylic acids is 1. The zero-order chi connectivity index (χ0) is 27.2. The number of anilines is 1. The van der Waals surface area contributed by atoms with Crippen LogP contribution in [0.1, 0.15) is 73.7 Å². The Kier molecular flexibility index (Phi) is 7.09. The molecule has 0 amide bonds. The molecule has 0 saturated carbocycles. The van der Waals surface area contributed by atoms with E-state index in [-0.39, 0.29) is 47.2 Å². The Morgan fingerprint density at radius 2 is 2.00 bits per heavy atom. The third-order valence-corrected chi connectivity index (χ3v) is 8.54. The molecule has 2 saturated heterocycles. The molecule has 0 bridgehead atoms. The number of H-pyrrole nitrogens is 1. The number of carboxylic acids is 1. The molecule has 1 spiro atoms. The zero-order valence-electron chi connectivity index (χ0n) is 22.6. The van der Waals surface area contributed by atoms with E-state index in [1.807, 2.05) is 13.0 Å². The lowest BCUT2D eigenvalue weighted by Gasteiger charge is -2.53. The van der Waals surface area contributed by atoms with Crippen molar-refractivity contribution in [3.63, 3.8) is 0 Å². The van der Waals surface area contributed by atoms with Crippen LogP contribution in [0.25, 0.3) is 11.1 Å². The van der Waals surface area contributed by atoms with Gasteiger partial charge in [-0.05, 0) is 48.9 Å². The highest BCUT2D eigenvalue weighted by atomic mass is 16.7. The van der Waals surface area contributed by atoms with E-state index in [4.69, 9.17) is 13.9 Å². The molecule has 5 rings (SSSR count). The molecule has 0 aliphatic carbocycles. The minimum atomic E-state index is -1.06. The molecule has 38 heavy (non-hydrogen) atoms. The molecule has 204 valence electrons. The van der Waals surface area contributed by atoms with Crippen molar-refractivity contribution in [3.8, 4) is 0 Å². The van der Waals surface area contributed by atoms with Crippen LogP contribution in [-0.2, 0) is 15.9 Å². The van der Waals surface area contributed by atoms with E-state index < -0.39 is 11.8 Å². The number of aromatic amines is 1. The number of oxazole rings is 1. The van der Waals surface area contributed by atoms with Gasteiger partial charge in [0, 0.05) is 31.5 Å². The highest BCUT2D eigenvalue weighted by Crippen LogP contribution is 2.48. The second kappa shape index (κ2) is 10.2. The third-order valence-electron chi connectivity index (χ3n) is 8.54. The number of ether oxygens (including phenoxy) is 2. The molecule has 4 heterocycles. The number of rotatable bonds is 7. The minimum Gasteiger partial charge on any atom is -0.478 e. The van der Waals surface area contributed by atoms with Gasteiger partial charge in [0.2, 0.25) is 0 Å². The van der Waals surface area contributed by atoms with E-state index in [1.54, 1.807) is 31.4 Å². The van der Waals surface area contributed by atoms with Gasteiger partial charge < -0.3 is 29.3 Å². The Labute approximate surface area is 222 Å². The van der Waals surface area contributed by atoms with Gasteiger partial charge in [0.05, 0.1) is 30.0 Å². The number of aromatic nitrogens is 2. The monoisotopic (exact) mass is 523 g/mol. The summed E-state index contributed by atoms with van der Waals surface area (Å²) in [4.78, 5) is 32.7. The first-order valence-corrected chi connectivity index (χ1v) is 13.5. The van der Waals surface area contributed by atoms with Gasteiger partial charge in [-0.3, -0.25) is 4.79 Å². The van der Waals surface area contributed by atoms with Crippen LogP contribution in [0.3, 0.4) is 0 Å². The van der Waals surface area contributed by atoms with Crippen molar-refractivity contribution < 1.29 is 28.6 Å². The fraction of sp³-hybridized carbons (Fsp3) is 0.552. The maximum Gasteiger partial charge on any atom is 0.340 e. The molecular formula is C29H37N3O6. The van der Waals surface area contributed by atoms with Crippen LogP contribution in [-0.4, -0.2) is 51.9 Å². The molecular weight excluding hydrogens is 486 g/mol. The number of carbonyl (C=O) groups is 2. The maximum absolute atomic E-state index is 13.1. The van der Waals surface area contributed by atoms with Crippen LogP contribution in [0.15, 0.2) is 34.9 Å². The number of carboxylic acid groups (broad SMARTS) is 1. The van der Waals surface area contributed by atoms with Gasteiger partial charge in [-0.2, -0.15) is 0 Å². The van der Waals surface area contributed by atoms with Crippen molar-refractivity contribution >= 4 is 28.5 Å². The Balaban J connectivity index is 1.39. The first-order chi connectivity index (χ1) is 18.1. The number of hydrogen-bond acceptors (Lipinski definition) is 7. The summed E-state index contributed by atoms with van der Waals surface area (Å²) in [5.74, 6) is -1.11. The van der Waals surface area contributed by atoms with Crippen molar-refractivity contribution in [3.05, 3.63) is 47.6 Å². The molecule has 2 fully saturated rings. The van der Waals surface area contributed by atoms with E-state index >= 15 is 0 Å². The average Bonchev–Trinajstić information content (AvgIpc) is 3.57. The molecule has 9 nitrogen and oxygen atoms in total. The number of nitrogens with one attached hydrogen (secondary N) is 2. The fourth-order valence-electron chi connectivity index (χ4n) is 6.27. The number of carbonyl (C=O) groups excluding carboxylic acids is 1. The van der Waals surface area contributed by atoms with Gasteiger partial charge in [0.15, 0.2) is 23.0 Å². The van der Waals surface area contributed by atoms with Gasteiger partial charge >= 0.3 is 5.97 Å². The Morgan fingerprint density at radius 3 is 2.68 bits per heavy atom. The van der Waals surface area contributed by atoms with E-state index in [0.29, 0.717) is 34.8 Å². The summed E-state index contributed by atoms with van der Waals surface area (Å²) in [6.45, 7) is 8.39.